The number of piperidine rings is 1. The molecule has 2 atom stereocenters. The maximum Gasteiger partial charge on any atom is 0.416 e. The molecule has 33 heavy (non-hydrogen) atoms. The fourth-order valence-corrected chi connectivity index (χ4v) is 5.32. The monoisotopic (exact) mass is 455 g/mol. The summed E-state index contributed by atoms with van der Waals surface area (Å²) in [6.45, 7) is 2.63. The summed E-state index contributed by atoms with van der Waals surface area (Å²) in [5.74, 6) is 0.424. The van der Waals surface area contributed by atoms with Crippen molar-refractivity contribution in [2.45, 2.75) is 43.9 Å². The van der Waals surface area contributed by atoms with Crippen molar-refractivity contribution < 1.29 is 18.3 Å². The van der Waals surface area contributed by atoms with Gasteiger partial charge in [-0.05, 0) is 74.0 Å². The van der Waals surface area contributed by atoms with E-state index in [1.807, 2.05) is 24.7 Å². The van der Waals surface area contributed by atoms with Crippen molar-refractivity contribution in [1.29, 1.82) is 0 Å². The highest BCUT2D eigenvalue weighted by Crippen LogP contribution is 2.41. The summed E-state index contributed by atoms with van der Waals surface area (Å²) in [5, 5.41) is 11.1. The van der Waals surface area contributed by atoms with Gasteiger partial charge < -0.3 is 14.6 Å². The van der Waals surface area contributed by atoms with E-state index in [-0.39, 0.29) is 17.9 Å². The zero-order valence-corrected chi connectivity index (χ0v) is 18.4. The van der Waals surface area contributed by atoms with E-state index in [0.717, 1.165) is 68.0 Å². The molecule has 3 aromatic rings. The molecule has 0 radical (unpaired) electrons. The molecule has 1 saturated heterocycles. The van der Waals surface area contributed by atoms with E-state index >= 15 is 0 Å². The Morgan fingerprint density at radius 1 is 1.03 bits per heavy atom. The third kappa shape index (κ3) is 4.57. The average molecular weight is 456 g/mol. The van der Waals surface area contributed by atoms with Crippen LogP contribution in [-0.4, -0.2) is 45.3 Å². The SMILES string of the molecule is OC(CC1c2ccccc2-n2cncc21)C1CCN(CCc2ccc(C(F)(F)F)cc2)CC1. The van der Waals surface area contributed by atoms with Gasteiger partial charge in [0.25, 0.3) is 0 Å². The quantitative estimate of drug-likeness (QED) is 0.566. The Balaban J connectivity index is 1.13. The van der Waals surface area contributed by atoms with Crippen molar-refractivity contribution in [3.05, 3.63) is 83.4 Å². The van der Waals surface area contributed by atoms with Gasteiger partial charge in [-0.2, -0.15) is 13.2 Å². The number of aliphatic hydroxyl groups excluding tert-OH is 1. The molecule has 174 valence electrons. The van der Waals surface area contributed by atoms with Gasteiger partial charge in [0.05, 0.1) is 29.4 Å². The van der Waals surface area contributed by atoms with Crippen LogP contribution < -0.4 is 0 Å². The zero-order chi connectivity index (χ0) is 23.0. The minimum absolute atomic E-state index is 0.163. The van der Waals surface area contributed by atoms with Crippen LogP contribution in [0.1, 0.15) is 47.6 Å². The molecular weight excluding hydrogens is 427 g/mol. The van der Waals surface area contributed by atoms with Gasteiger partial charge >= 0.3 is 6.18 Å². The van der Waals surface area contributed by atoms with Gasteiger partial charge in [0.1, 0.15) is 0 Å². The van der Waals surface area contributed by atoms with Gasteiger partial charge in [0.15, 0.2) is 0 Å². The summed E-state index contributed by atoms with van der Waals surface area (Å²) >= 11 is 0. The van der Waals surface area contributed by atoms with Crippen molar-refractivity contribution in [1.82, 2.24) is 14.5 Å². The lowest BCUT2D eigenvalue weighted by atomic mass is 9.83. The van der Waals surface area contributed by atoms with Crippen LogP contribution in [0.15, 0.2) is 61.1 Å². The summed E-state index contributed by atoms with van der Waals surface area (Å²) < 4.78 is 40.3. The lowest BCUT2D eigenvalue weighted by Gasteiger charge is -2.35. The first-order valence-corrected chi connectivity index (χ1v) is 11.6. The first kappa shape index (κ1) is 22.2. The van der Waals surface area contributed by atoms with Crippen molar-refractivity contribution >= 4 is 0 Å². The Labute approximate surface area is 191 Å². The number of alkyl halides is 3. The van der Waals surface area contributed by atoms with Crippen LogP contribution in [0.2, 0.25) is 0 Å². The van der Waals surface area contributed by atoms with Crippen LogP contribution in [0.4, 0.5) is 13.2 Å². The largest absolute Gasteiger partial charge is 0.416 e. The number of aromatic nitrogens is 2. The molecule has 0 saturated carbocycles. The molecule has 0 aliphatic carbocycles. The molecule has 1 N–H and O–H groups in total. The number of rotatable bonds is 6. The lowest BCUT2D eigenvalue weighted by Crippen LogP contribution is -2.39. The highest BCUT2D eigenvalue weighted by molar-refractivity contribution is 5.53. The van der Waals surface area contributed by atoms with Crippen molar-refractivity contribution in [2.75, 3.05) is 19.6 Å². The van der Waals surface area contributed by atoms with E-state index in [1.54, 1.807) is 12.1 Å². The first-order chi connectivity index (χ1) is 15.9. The number of imidazole rings is 1. The summed E-state index contributed by atoms with van der Waals surface area (Å²) in [4.78, 5) is 6.65. The second kappa shape index (κ2) is 8.95. The standard InChI is InChI=1S/C26H28F3N3O/c27-26(28,29)20-7-5-18(6-8-20)9-12-31-13-10-19(11-14-31)25(33)15-22-21-3-1-2-4-23(21)32-17-30-16-24(22)32/h1-8,16-17,19,22,25,33H,9-15H2. The summed E-state index contributed by atoms with van der Waals surface area (Å²) in [5.41, 5.74) is 3.86. The highest BCUT2D eigenvalue weighted by atomic mass is 19.4. The summed E-state index contributed by atoms with van der Waals surface area (Å²) in [6.07, 6.45) is 2.37. The first-order valence-electron chi connectivity index (χ1n) is 11.6. The number of hydrogen-bond donors (Lipinski definition) is 1. The Hall–Kier alpha value is -2.64. The van der Waals surface area contributed by atoms with Crippen molar-refractivity contribution in [2.24, 2.45) is 5.92 Å². The van der Waals surface area contributed by atoms with E-state index < -0.39 is 11.7 Å². The minimum Gasteiger partial charge on any atom is -0.393 e. The molecular formula is C26H28F3N3O. The minimum atomic E-state index is -4.29. The fourth-order valence-electron chi connectivity index (χ4n) is 5.32. The highest BCUT2D eigenvalue weighted by Gasteiger charge is 2.34. The third-order valence-electron chi connectivity index (χ3n) is 7.25. The van der Waals surface area contributed by atoms with Gasteiger partial charge in [0, 0.05) is 18.7 Å². The molecule has 7 heteroatoms. The van der Waals surface area contributed by atoms with Crippen LogP contribution in [0, 0.1) is 5.92 Å². The predicted octanol–water partition coefficient (Wildman–Crippen LogP) is 5.04. The Kier molecular flexibility index (Phi) is 6.01. The molecule has 2 aromatic carbocycles. The number of nitrogens with zero attached hydrogens (tertiary/aromatic N) is 3. The molecule has 0 amide bonds. The molecule has 4 nitrogen and oxygen atoms in total. The number of likely N-dealkylation sites (tertiary alicyclic amines) is 1. The number of hydrogen-bond acceptors (Lipinski definition) is 3. The molecule has 2 aliphatic rings. The average Bonchev–Trinajstić information content (AvgIpc) is 3.40. The number of benzene rings is 2. The Morgan fingerprint density at radius 2 is 1.76 bits per heavy atom. The second-order valence-corrected chi connectivity index (χ2v) is 9.23. The van der Waals surface area contributed by atoms with E-state index in [4.69, 9.17) is 0 Å². The molecule has 3 heterocycles. The topological polar surface area (TPSA) is 41.3 Å². The van der Waals surface area contributed by atoms with Crippen LogP contribution in [0.5, 0.6) is 0 Å². The van der Waals surface area contributed by atoms with Crippen LogP contribution in [0.25, 0.3) is 5.69 Å². The van der Waals surface area contributed by atoms with E-state index in [9.17, 15) is 18.3 Å². The summed E-state index contributed by atoms with van der Waals surface area (Å²) in [6, 6.07) is 13.8. The lowest BCUT2D eigenvalue weighted by molar-refractivity contribution is -0.137. The maximum atomic E-state index is 12.7. The van der Waals surface area contributed by atoms with Gasteiger partial charge in [-0.25, -0.2) is 4.98 Å². The number of halogens is 3. The van der Waals surface area contributed by atoms with Crippen molar-refractivity contribution in [3.63, 3.8) is 0 Å². The fraction of sp³-hybridized carbons (Fsp3) is 0.423. The van der Waals surface area contributed by atoms with Gasteiger partial charge in [-0.1, -0.05) is 30.3 Å². The van der Waals surface area contributed by atoms with Crippen LogP contribution >= 0.6 is 0 Å². The van der Waals surface area contributed by atoms with Gasteiger partial charge in [0.2, 0.25) is 0 Å². The molecule has 2 unspecified atom stereocenters. The molecule has 5 rings (SSSR count). The molecule has 0 bridgehead atoms. The zero-order valence-electron chi connectivity index (χ0n) is 18.4. The second-order valence-electron chi connectivity index (χ2n) is 9.23. The van der Waals surface area contributed by atoms with Crippen LogP contribution in [-0.2, 0) is 12.6 Å². The number of fused-ring (bicyclic) bond motifs is 3. The normalized spacial score (nSPS) is 19.9. The predicted molar refractivity (Wildman–Crippen MR) is 120 cm³/mol. The van der Waals surface area contributed by atoms with Crippen LogP contribution in [0.3, 0.4) is 0 Å². The van der Waals surface area contributed by atoms with Gasteiger partial charge in [-0.3, -0.25) is 0 Å². The molecule has 2 aliphatic heterocycles. The van der Waals surface area contributed by atoms with Gasteiger partial charge in [-0.15, -0.1) is 0 Å². The summed E-state index contributed by atoms with van der Waals surface area (Å²) in [7, 11) is 0. The number of para-hydroxylation sites is 1. The van der Waals surface area contributed by atoms with Crippen molar-refractivity contribution in [3.8, 4) is 5.69 Å². The van der Waals surface area contributed by atoms with E-state index in [0.29, 0.717) is 6.42 Å². The molecule has 1 aromatic heterocycles. The van der Waals surface area contributed by atoms with E-state index in [1.165, 1.54) is 5.56 Å². The smallest absolute Gasteiger partial charge is 0.393 e. The molecule has 0 spiro atoms. The third-order valence-corrected chi connectivity index (χ3v) is 7.25. The maximum absolute atomic E-state index is 12.7. The van der Waals surface area contributed by atoms with E-state index in [2.05, 4.69) is 26.6 Å². The Morgan fingerprint density at radius 3 is 2.48 bits per heavy atom. The number of aliphatic hydroxyl groups is 1. The Bertz CT molecular complexity index is 1080. The molecule has 1 fully saturated rings.